The topological polar surface area (TPSA) is 96.7 Å². The summed E-state index contributed by atoms with van der Waals surface area (Å²) in [7, 11) is 1.53. The Morgan fingerprint density at radius 2 is 1.73 bits per heavy atom. The van der Waals surface area contributed by atoms with Crippen molar-refractivity contribution in [1.82, 2.24) is 9.55 Å². The summed E-state index contributed by atoms with van der Waals surface area (Å²) in [5.41, 5.74) is 0.517. The fourth-order valence-corrected chi connectivity index (χ4v) is 2.40. The minimum Gasteiger partial charge on any atom is -0.497 e. The number of aromatic nitrogens is 2. The van der Waals surface area contributed by atoms with Crippen molar-refractivity contribution in [2.45, 2.75) is 6.92 Å². The van der Waals surface area contributed by atoms with Crippen molar-refractivity contribution in [2.24, 2.45) is 4.99 Å². The Morgan fingerprint density at radius 3 is 2.35 bits per heavy atom. The van der Waals surface area contributed by atoms with Gasteiger partial charge in [-0.2, -0.15) is 0 Å². The highest BCUT2D eigenvalue weighted by Crippen LogP contribution is 2.19. The van der Waals surface area contributed by atoms with Crippen LogP contribution in [0.4, 0.5) is 5.69 Å². The number of aromatic hydroxyl groups is 1. The zero-order valence-corrected chi connectivity index (χ0v) is 14.3. The van der Waals surface area contributed by atoms with Crippen LogP contribution in [-0.2, 0) is 0 Å². The van der Waals surface area contributed by atoms with Gasteiger partial charge in [-0.15, -0.1) is 0 Å². The second kappa shape index (κ2) is 7.10. The molecule has 0 saturated carbocycles. The molecule has 0 saturated heterocycles. The first kappa shape index (κ1) is 17.2. The maximum atomic E-state index is 12.2. The smallest absolute Gasteiger partial charge is 0.335 e. The third-order valence-electron chi connectivity index (χ3n) is 3.83. The average molecular weight is 351 g/mol. The molecule has 1 aromatic heterocycles. The van der Waals surface area contributed by atoms with Gasteiger partial charge in [-0.1, -0.05) is 17.7 Å². The summed E-state index contributed by atoms with van der Waals surface area (Å²) in [6.45, 7) is 1.95. The van der Waals surface area contributed by atoms with Crippen molar-refractivity contribution < 1.29 is 9.84 Å². The van der Waals surface area contributed by atoms with Crippen molar-refractivity contribution >= 4 is 11.9 Å². The molecule has 0 atom stereocenters. The fraction of sp³-hybridized carbons (Fsp3) is 0.105. The number of hydrogen-bond donors (Lipinski definition) is 2. The van der Waals surface area contributed by atoms with Crippen molar-refractivity contribution in [1.29, 1.82) is 0 Å². The highest BCUT2D eigenvalue weighted by Gasteiger charge is 2.14. The van der Waals surface area contributed by atoms with Gasteiger partial charge in [0.1, 0.15) is 11.3 Å². The number of ether oxygens (including phenoxy) is 1. The van der Waals surface area contributed by atoms with Crippen LogP contribution in [0, 0.1) is 6.92 Å². The summed E-state index contributed by atoms with van der Waals surface area (Å²) < 4.78 is 6.07. The molecule has 0 unspecified atom stereocenters. The van der Waals surface area contributed by atoms with Gasteiger partial charge in [0.2, 0.25) is 5.88 Å². The number of methoxy groups -OCH3 is 1. The van der Waals surface area contributed by atoms with Crippen LogP contribution in [-0.4, -0.2) is 28.0 Å². The number of H-pyrrole nitrogens is 1. The van der Waals surface area contributed by atoms with Crippen LogP contribution < -0.4 is 16.0 Å². The third kappa shape index (κ3) is 3.41. The predicted octanol–water partition coefficient (Wildman–Crippen LogP) is 2.30. The summed E-state index contributed by atoms with van der Waals surface area (Å²) >= 11 is 0. The van der Waals surface area contributed by atoms with E-state index in [0.717, 1.165) is 10.1 Å². The molecule has 1 heterocycles. The van der Waals surface area contributed by atoms with E-state index in [9.17, 15) is 14.7 Å². The average Bonchev–Trinajstić information content (AvgIpc) is 2.63. The number of benzene rings is 2. The first-order valence-corrected chi connectivity index (χ1v) is 7.83. The summed E-state index contributed by atoms with van der Waals surface area (Å²) in [5, 5.41) is 10.5. The van der Waals surface area contributed by atoms with E-state index < -0.39 is 17.1 Å². The first-order chi connectivity index (χ1) is 12.5. The fourth-order valence-electron chi connectivity index (χ4n) is 2.40. The van der Waals surface area contributed by atoms with Crippen molar-refractivity contribution in [2.75, 3.05) is 7.11 Å². The molecule has 132 valence electrons. The summed E-state index contributed by atoms with van der Waals surface area (Å²) in [6, 6.07) is 13.8. The van der Waals surface area contributed by atoms with Crippen LogP contribution in [0.25, 0.3) is 5.69 Å². The Balaban J connectivity index is 2.07. The zero-order chi connectivity index (χ0) is 18.7. The molecule has 0 radical (unpaired) electrons. The molecule has 0 fully saturated rings. The van der Waals surface area contributed by atoms with Crippen LogP contribution >= 0.6 is 0 Å². The maximum Gasteiger partial charge on any atom is 0.335 e. The van der Waals surface area contributed by atoms with E-state index in [1.165, 1.54) is 13.3 Å². The highest BCUT2D eigenvalue weighted by atomic mass is 16.5. The van der Waals surface area contributed by atoms with E-state index in [1.807, 2.05) is 19.1 Å². The van der Waals surface area contributed by atoms with Crippen molar-refractivity contribution in [3.63, 3.8) is 0 Å². The minimum absolute atomic E-state index is 0.110. The lowest BCUT2D eigenvalue weighted by Crippen LogP contribution is -2.31. The molecular weight excluding hydrogens is 334 g/mol. The van der Waals surface area contributed by atoms with Crippen LogP contribution in [0.1, 0.15) is 11.1 Å². The zero-order valence-electron chi connectivity index (χ0n) is 14.3. The SMILES string of the molecule is COc1ccc(-n2c(O)c(C=Nc3ccc(C)cc3)c(=O)[nH]c2=O)cc1. The molecule has 2 N–H and O–H groups in total. The normalized spacial score (nSPS) is 11.0. The standard InChI is InChI=1S/C19H17N3O4/c1-12-3-5-13(6-4-12)20-11-16-17(23)21-19(25)22(18(16)24)14-7-9-15(26-2)10-8-14/h3-11,24H,1-2H3,(H,21,23,25). The van der Waals surface area contributed by atoms with Gasteiger partial charge in [-0.25, -0.2) is 9.36 Å². The lowest BCUT2D eigenvalue weighted by atomic mass is 10.2. The van der Waals surface area contributed by atoms with Crippen LogP contribution in [0.15, 0.2) is 63.1 Å². The monoisotopic (exact) mass is 351 g/mol. The quantitative estimate of drug-likeness (QED) is 0.705. The number of rotatable bonds is 4. The summed E-state index contributed by atoms with van der Waals surface area (Å²) in [6.07, 6.45) is 1.23. The van der Waals surface area contributed by atoms with E-state index in [0.29, 0.717) is 17.1 Å². The van der Waals surface area contributed by atoms with Gasteiger partial charge < -0.3 is 9.84 Å². The van der Waals surface area contributed by atoms with Gasteiger partial charge in [-0.3, -0.25) is 14.8 Å². The second-order valence-corrected chi connectivity index (χ2v) is 5.62. The van der Waals surface area contributed by atoms with Gasteiger partial charge >= 0.3 is 5.69 Å². The van der Waals surface area contributed by atoms with Crippen LogP contribution in [0.3, 0.4) is 0 Å². The Bertz CT molecular complexity index is 1060. The highest BCUT2D eigenvalue weighted by molar-refractivity contribution is 5.84. The van der Waals surface area contributed by atoms with E-state index >= 15 is 0 Å². The molecule has 2 aromatic carbocycles. The Kier molecular flexibility index (Phi) is 4.70. The molecule has 7 heteroatoms. The molecule has 0 amide bonds. The lowest BCUT2D eigenvalue weighted by molar-refractivity contribution is 0.414. The number of nitrogens with one attached hydrogen (secondary N) is 1. The molecular formula is C19H17N3O4. The molecule has 3 aromatic rings. The maximum absolute atomic E-state index is 12.2. The van der Waals surface area contributed by atoms with Crippen molar-refractivity contribution in [3.05, 3.63) is 80.5 Å². The Labute approximate surface area is 148 Å². The second-order valence-electron chi connectivity index (χ2n) is 5.62. The number of aliphatic imine (C=N–C) groups is 1. The molecule has 26 heavy (non-hydrogen) atoms. The first-order valence-electron chi connectivity index (χ1n) is 7.83. The lowest BCUT2D eigenvalue weighted by Gasteiger charge is -2.10. The van der Waals surface area contributed by atoms with E-state index in [1.54, 1.807) is 36.4 Å². The van der Waals surface area contributed by atoms with E-state index in [-0.39, 0.29) is 5.56 Å². The van der Waals surface area contributed by atoms with Gasteiger partial charge in [0.05, 0.1) is 18.5 Å². The van der Waals surface area contributed by atoms with Gasteiger partial charge in [-0.05, 0) is 43.3 Å². The van der Waals surface area contributed by atoms with E-state index in [2.05, 4.69) is 9.98 Å². The predicted molar refractivity (Wildman–Crippen MR) is 99.3 cm³/mol. The van der Waals surface area contributed by atoms with Gasteiger partial charge in [0, 0.05) is 6.21 Å². The minimum atomic E-state index is -0.745. The molecule has 0 aliphatic heterocycles. The largest absolute Gasteiger partial charge is 0.497 e. The number of aromatic amines is 1. The molecule has 0 spiro atoms. The Morgan fingerprint density at radius 1 is 1.08 bits per heavy atom. The molecule has 0 aliphatic carbocycles. The molecule has 0 bridgehead atoms. The third-order valence-corrected chi connectivity index (χ3v) is 3.83. The van der Waals surface area contributed by atoms with Crippen molar-refractivity contribution in [3.8, 4) is 17.3 Å². The van der Waals surface area contributed by atoms with E-state index in [4.69, 9.17) is 4.74 Å². The van der Waals surface area contributed by atoms with Gasteiger partial charge in [0.15, 0.2) is 0 Å². The number of nitrogens with zero attached hydrogens (tertiary/aromatic N) is 2. The van der Waals surface area contributed by atoms with Crippen LogP contribution in [0.5, 0.6) is 11.6 Å². The van der Waals surface area contributed by atoms with Gasteiger partial charge in [0.25, 0.3) is 5.56 Å². The number of hydrogen-bond acceptors (Lipinski definition) is 5. The number of aryl methyl sites for hydroxylation is 1. The molecule has 0 aliphatic rings. The van der Waals surface area contributed by atoms with Crippen LogP contribution in [0.2, 0.25) is 0 Å². The summed E-state index contributed by atoms with van der Waals surface area (Å²) in [4.78, 5) is 30.6. The summed E-state index contributed by atoms with van der Waals surface area (Å²) in [5.74, 6) is 0.117. The molecule has 3 rings (SSSR count). The molecule has 7 nitrogen and oxygen atoms in total. The Hall–Kier alpha value is -3.61.